The third kappa shape index (κ3) is 5.59. The van der Waals surface area contributed by atoms with E-state index in [1.54, 1.807) is 0 Å². The number of fused-ring (bicyclic) bond motifs is 3. The van der Waals surface area contributed by atoms with Gasteiger partial charge in [0.05, 0.1) is 12.1 Å². The Kier molecular flexibility index (Phi) is 7.83. The van der Waals surface area contributed by atoms with Gasteiger partial charge in [-0.1, -0.05) is 158 Å². The number of hydrogen-bond donors (Lipinski definition) is 0. The Labute approximate surface area is 295 Å². The van der Waals surface area contributed by atoms with Crippen molar-refractivity contribution >= 4 is 33.9 Å². The van der Waals surface area contributed by atoms with Crippen LogP contribution in [0.2, 0.25) is 0 Å². The van der Waals surface area contributed by atoms with E-state index in [0.29, 0.717) is 5.92 Å². The molecule has 0 spiro atoms. The van der Waals surface area contributed by atoms with Crippen LogP contribution in [0.25, 0.3) is 22.3 Å². The number of para-hydroxylation sites is 2. The van der Waals surface area contributed by atoms with Gasteiger partial charge in [0.25, 0.3) is 0 Å². The smallest absolute Gasteiger partial charge is 0.0630 e. The maximum absolute atomic E-state index is 2.49. The van der Waals surface area contributed by atoms with Crippen molar-refractivity contribution in [3.63, 3.8) is 0 Å². The summed E-state index contributed by atoms with van der Waals surface area (Å²) in [4.78, 5) is 4.97. The lowest BCUT2D eigenvalue weighted by molar-refractivity contribution is 0.747. The quantitative estimate of drug-likeness (QED) is 0.171. The molecule has 2 nitrogen and oxygen atoms in total. The van der Waals surface area contributed by atoms with Crippen LogP contribution in [0.5, 0.6) is 0 Å². The second-order valence-electron chi connectivity index (χ2n) is 13.3. The predicted octanol–water partition coefficient (Wildman–Crippen LogP) is 12.2. The summed E-state index contributed by atoms with van der Waals surface area (Å²) < 4.78 is 0. The summed E-state index contributed by atoms with van der Waals surface area (Å²) in [6, 6.07) is 59.6. The van der Waals surface area contributed by atoms with Crippen molar-refractivity contribution in [1.82, 2.24) is 0 Å². The van der Waals surface area contributed by atoms with Gasteiger partial charge in [0.2, 0.25) is 0 Å². The predicted molar refractivity (Wildman–Crippen MR) is 211 cm³/mol. The highest BCUT2D eigenvalue weighted by Crippen LogP contribution is 2.49. The molecule has 2 heteroatoms. The zero-order valence-electron chi connectivity index (χ0n) is 27.9. The summed E-state index contributed by atoms with van der Waals surface area (Å²) in [5.41, 5.74) is 13.8. The maximum atomic E-state index is 2.49. The average molecular weight is 643 g/mol. The lowest BCUT2D eigenvalue weighted by Crippen LogP contribution is -2.30. The number of rotatable bonds is 7. The van der Waals surface area contributed by atoms with E-state index in [2.05, 4.69) is 210 Å². The lowest BCUT2D eigenvalue weighted by Gasteiger charge is -2.33. The van der Waals surface area contributed by atoms with E-state index < -0.39 is 0 Å². The van der Waals surface area contributed by atoms with Crippen LogP contribution in [-0.2, 0) is 0 Å². The number of anilines is 4. The van der Waals surface area contributed by atoms with Crippen molar-refractivity contribution < 1.29 is 0 Å². The van der Waals surface area contributed by atoms with E-state index in [1.807, 2.05) is 0 Å². The third-order valence-corrected chi connectivity index (χ3v) is 10.3. The van der Waals surface area contributed by atoms with Crippen LogP contribution in [0.15, 0.2) is 200 Å². The van der Waals surface area contributed by atoms with Gasteiger partial charge >= 0.3 is 0 Å². The first-order valence-electron chi connectivity index (χ1n) is 17.6. The van der Waals surface area contributed by atoms with Gasteiger partial charge in [-0.3, -0.25) is 0 Å². The molecule has 0 amide bonds. The largest absolute Gasteiger partial charge is 0.334 e. The second kappa shape index (κ2) is 13.1. The molecule has 0 N–H and O–H groups in total. The van der Waals surface area contributed by atoms with Gasteiger partial charge < -0.3 is 9.80 Å². The van der Waals surface area contributed by atoms with Gasteiger partial charge in [-0.15, -0.1) is 0 Å². The maximum Gasteiger partial charge on any atom is 0.0630 e. The van der Waals surface area contributed by atoms with Crippen LogP contribution in [0.3, 0.4) is 0 Å². The summed E-state index contributed by atoms with van der Waals surface area (Å²) in [7, 11) is 0. The van der Waals surface area contributed by atoms with Crippen molar-refractivity contribution in [1.29, 1.82) is 0 Å². The molecule has 6 aromatic rings. The summed E-state index contributed by atoms with van der Waals surface area (Å²) >= 11 is 0. The van der Waals surface area contributed by atoms with Crippen molar-refractivity contribution in [3.05, 3.63) is 217 Å². The first-order chi connectivity index (χ1) is 24.8. The second-order valence-corrected chi connectivity index (χ2v) is 13.3. The molecular weight excluding hydrogens is 605 g/mol. The van der Waals surface area contributed by atoms with Crippen LogP contribution in [0.4, 0.5) is 22.7 Å². The Morgan fingerprint density at radius 3 is 1.68 bits per heavy atom. The van der Waals surface area contributed by atoms with Crippen molar-refractivity contribution in [2.45, 2.75) is 24.4 Å². The lowest BCUT2D eigenvalue weighted by atomic mass is 9.86. The Balaban J connectivity index is 1.03. The molecule has 0 saturated carbocycles. The molecule has 1 heterocycles. The van der Waals surface area contributed by atoms with E-state index >= 15 is 0 Å². The Hall–Kier alpha value is -6.12. The Bertz CT molecular complexity index is 2230. The standard InChI is InChI=1S/C48H38N2/c1-4-12-35(13-5-1)37-20-27-42(28-21-37)49(43-29-22-38(23-30-43)36-14-6-2-7-15-36)44-31-24-39(25-32-44)40-26-33-48-46(34-40)45-18-10-11-19-47(45)50(48)41-16-8-3-9-17-41/h1-29,31-34,43,46,48H,30H2. The van der Waals surface area contributed by atoms with E-state index in [0.717, 1.165) is 6.42 Å². The van der Waals surface area contributed by atoms with Crippen LogP contribution in [0, 0.1) is 0 Å². The summed E-state index contributed by atoms with van der Waals surface area (Å²) in [5, 5.41) is 0. The molecule has 0 bridgehead atoms. The third-order valence-electron chi connectivity index (χ3n) is 10.3. The van der Waals surface area contributed by atoms with Crippen LogP contribution >= 0.6 is 0 Å². The van der Waals surface area contributed by atoms with E-state index in [9.17, 15) is 0 Å². The van der Waals surface area contributed by atoms with E-state index in [-0.39, 0.29) is 12.1 Å². The molecule has 9 rings (SSSR count). The highest BCUT2D eigenvalue weighted by atomic mass is 15.2. The van der Waals surface area contributed by atoms with Crippen molar-refractivity contribution in [3.8, 4) is 11.1 Å². The molecule has 6 aromatic carbocycles. The van der Waals surface area contributed by atoms with Gasteiger partial charge in [-0.05, 0) is 87.8 Å². The fraction of sp³-hybridized carbons (Fsp3) is 0.0833. The molecular formula is C48H38N2. The van der Waals surface area contributed by atoms with E-state index in [4.69, 9.17) is 0 Å². The molecule has 50 heavy (non-hydrogen) atoms. The zero-order chi connectivity index (χ0) is 33.3. The first-order valence-corrected chi connectivity index (χ1v) is 17.6. The minimum absolute atomic E-state index is 0.199. The number of nitrogens with zero attached hydrogens (tertiary/aromatic N) is 2. The summed E-state index contributed by atoms with van der Waals surface area (Å²) in [6.45, 7) is 0. The van der Waals surface area contributed by atoms with Gasteiger partial charge in [0, 0.05) is 28.7 Å². The van der Waals surface area contributed by atoms with E-state index in [1.165, 1.54) is 61.7 Å². The average Bonchev–Trinajstić information content (AvgIpc) is 3.53. The SMILES string of the molecule is C1=CC(N(c2ccc(C3=CC4c5ccccc5N(c5ccccc5)C4C=C3)cc2)c2ccc(-c3ccccc3)cc2)CC=C1c1ccccc1. The van der Waals surface area contributed by atoms with Crippen LogP contribution in [-0.4, -0.2) is 12.1 Å². The molecule has 240 valence electrons. The fourth-order valence-corrected chi connectivity index (χ4v) is 7.87. The van der Waals surface area contributed by atoms with Crippen molar-refractivity contribution in [2.24, 2.45) is 0 Å². The molecule has 1 aliphatic heterocycles. The van der Waals surface area contributed by atoms with Crippen LogP contribution < -0.4 is 9.80 Å². The van der Waals surface area contributed by atoms with Crippen LogP contribution in [0.1, 0.15) is 29.0 Å². The minimum Gasteiger partial charge on any atom is -0.334 e. The van der Waals surface area contributed by atoms with Gasteiger partial charge in [-0.25, -0.2) is 0 Å². The topological polar surface area (TPSA) is 6.48 Å². The normalized spacial score (nSPS) is 19.0. The molecule has 3 unspecified atom stereocenters. The fourth-order valence-electron chi connectivity index (χ4n) is 7.87. The molecule has 0 aromatic heterocycles. The zero-order valence-corrected chi connectivity index (χ0v) is 27.9. The minimum atomic E-state index is 0.199. The molecule has 0 saturated heterocycles. The first kappa shape index (κ1) is 30.0. The molecule has 0 radical (unpaired) electrons. The molecule has 3 aliphatic rings. The molecule has 0 fully saturated rings. The summed E-state index contributed by atoms with van der Waals surface area (Å²) in [6.07, 6.45) is 15.1. The highest BCUT2D eigenvalue weighted by molar-refractivity contribution is 5.83. The number of hydrogen-bond acceptors (Lipinski definition) is 2. The van der Waals surface area contributed by atoms with Gasteiger partial charge in [0.1, 0.15) is 0 Å². The van der Waals surface area contributed by atoms with Gasteiger partial charge in [-0.2, -0.15) is 0 Å². The van der Waals surface area contributed by atoms with Crippen molar-refractivity contribution in [2.75, 3.05) is 9.80 Å². The molecule has 2 aliphatic carbocycles. The highest BCUT2D eigenvalue weighted by Gasteiger charge is 2.38. The number of benzene rings is 6. The number of allylic oxidation sites excluding steroid dienone is 4. The Morgan fingerprint density at radius 1 is 0.480 bits per heavy atom. The monoisotopic (exact) mass is 642 g/mol. The van der Waals surface area contributed by atoms with Gasteiger partial charge in [0.15, 0.2) is 0 Å². The Morgan fingerprint density at radius 2 is 1.02 bits per heavy atom. The summed E-state index contributed by atoms with van der Waals surface area (Å²) in [5.74, 6) is 0.295. The molecule has 3 atom stereocenters.